The number of ketones is 2. The number of carbonyl (C=O) groups excluding carboxylic acids is 3. The molecule has 0 radical (unpaired) electrons. The lowest BCUT2D eigenvalue weighted by Gasteiger charge is -2.30. The van der Waals surface area contributed by atoms with Crippen molar-refractivity contribution >= 4 is 34.8 Å². The Kier molecular flexibility index (Phi) is 3.87. The highest BCUT2D eigenvalue weighted by Gasteiger charge is 2.36. The van der Waals surface area contributed by atoms with Crippen molar-refractivity contribution < 1.29 is 24.3 Å². The van der Waals surface area contributed by atoms with Crippen LogP contribution in [0.5, 0.6) is 0 Å². The normalized spacial score (nSPS) is 19.1. The largest absolute Gasteiger partial charge is 0.481 e. The van der Waals surface area contributed by atoms with Crippen LogP contribution in [0.2, 0.25) is 0 Å². The fourth-order valence-electron chi connectivity index (χ4n) is 3.26. The van der Waals surface area contributed by atoms with Gasteiger partial charge in [0.15, 0.2) is 0 Å². The fourth-order valence-corrected chi connectivity index (χ4v) is 4.32. The van der Waals surface area contributed by atoms with E-state index < -0.39 is 23.5 Å². The zero-order valence-corrected chi connectivity index (χ0v) is 14.3. The van der Waals surface area contributed by atoms with Crippen molar-refractivity contribution in [1.29, 1.82) is 0 Å². The number of nitrogens with zero attached hydrogens (tertiary/aromatic N) is 3. The van der Waals surface area contributed by atoms with Gasteiger partial charge in [-0.3, -0.25) is 19.2 Å². The van der Waals surface area contributed by atoms with E-state index in [0.717, 1.165) is 11.3 Å². The second kappa shape index (κ2) is 6.10. The summed E-state index contributed by atoms with van der Waals surface area (Å²) >= 11 is 0.945. The summed E-state index contributed by atoms with van der Waals surface area (Å²) in [6.45, 7) is 0.582. The SMILES string of the molecule is O=C1c2cc(C(=O)N3CCCC(C(=O)O)C3)sc2C(=O)c2nccnc21. The summed E-state index contributed by atoms with van der Waals surface area (Å²) in [6.07, 6.45) is 3.82. The molecule has 26 heavy (non-hydrogen) atoms. The van der Waals surface area contributed by atoms with E-state index in [1.165, 1.54) is 23.4 Å². The number of carboxylic acid groups (broad SMARTS) is 1. The zero-order chi connectivity index (χ0) is 18.4. The summed E-state index contributed by atoms with van der Waals surface area (Å²) in [4.78, 5) is 58.8. The first-order valence-electron chi connectivity index (χ1n) is 8.03. The third-order valence-electron chi connectivity index (χ3n) is 4.58. The molecular formula is C17H13N3O5S. The average molecular weight is 371 g/mol. The Labute approximate surface area is 151 Å². The number of fused-ring (bicyclic) bond motifs is 2. The van der Waals surface area contributed by atoms with Gasteiger partial charge in [0.05, 0.1) is 15.7 Å². The van der Waals surface area contributed by atoms with Crippen LogP contribution < -0.4 is 0 Å². The Bertz CT molecular complexity index is 915. The number of rotatable bonds is 2. The van der Waals surface area contributed by atoms with Crippen LogP contribution in [-0.2, 0) is 4.79 Å². The number of aromatic nitrogens is 2. The second-order valence-electron chi connectivity index (χ2n) is 6.19. The van der Waals surface area contributed by atoms with Gasteiger partial charge in [-0.05, 0) is 18.9 Å². The molecule has 1 aliphatic carbocycles. The third-order valence-corrected chi connectivity index (χ3v) is 5.70. The lowest BCUT2D eigenvalue weighted by atomic mass is 9.96. The van der Waals surface area contributed by atoms with Crippen LogP contribution in [0.1, 0.15) is 53.9 Å². The maximum absolute atomic E-state index is 12.8. The van der Waals surface area contributed by atoms with E-state index in [1.54, 1.807) is 0 Å². The van der Waals surface area contributed by atoms with Crippen LogP contribution in [-0.4, -0.2) is 56.5 Å². The molecule has 1 atom stereocenters. The number of aliphatic carboxylic acids is 1. The minimum absolute atomic E-state index is 0.00485. The van der Waals surface area contributed by atoms with Gasteiger partial charge in [0, 0.05) is 31.0 Å². The standard InChI is InChI=1S/C17H13N3O5S/c21-13-9-6-10(16(23)20-5-1-2-8(7-20)17(24)25)26-15(9)14(22)12-11(13)18-3-4-19-12/h3-4,6,8H,1-2,5,7H2,(H,24,25). The maximum Gasteiger partial charge on any atom is 0.308 e. The molecule has 1 amide bonds. The van der Waals surface area contributed by atoms with Gasteiger partial charge in [0.2, 0.25) is 11.6 Å². The Balaban J connectivity index is 1.66. The van der Waals surface area contributed by atoms with Gasteiger partial charge < -0.3 is 10.0 Å². The molecule has 1 aliphatic heterocycles. The molecule has 4 rings (SSSR count). The quantitative estimate of drug-likeness (QED) is 0.720. The monoisotopic (exact) mass is 371 g/mol. The Morgan fingerprint density at radius 3 is 2.54 bits per heavy atom. The molecule has 1 unspecified atom stereocenters. The Hall–Kier alpha value is -2.94. The van der Waals surface area contributed by atoms with E-state index in [2.05, 4.69) is 9.97 Å². The van der Waals surface area contributed by atoms with Gasteiger partial charge in [-0.2, -0.15) is 0 Å². The molecule has 1 saturated heterocycles. The fraction of sp³-hybridized carbons (Fsp3) is 0.294. The summed E-state index contributed by atoms with van der Waals surface area (Å²) < 4.78 is 0. The minimum Gasteiger partial charge on any atom is -0.481 e. The number of hydrogen-bond donors (Lipinski definition) is 1. The second-order valence-corrected chi connectivity index (χ2v) is 7.25. The van der Waals surface area contributed by atoms with Gasteiger partial charge in [0.25, 0.3) is 5.91 Å². The van der Waals surface area contributed by atoms with Crippen LogP contribution in [0.15, 0.2) is 18.5 Å². The molecule has 9 heteroatoms. The van der Waals surface area contributed by atoms with Crippen molar-refractivity contribution in [3.8, 4) is 0 Å². The van der Waals surface area contributed by atoms with Crippen LogP contribution in [0, 0.1) is 5.92 Å². The number of piperidine rings is 1. The number of carboxylic acids is 1. The molecule has 1 N–H and O–H groups in total. The van der Waals surface area contributed by atoms with Crippen molar-refractivity contribution in [2.24, 2.45) is 5.92 Å². The molecule has 132 valence electrons. The van der Waals surface area contributed by atoms with Crippen LogP contribution in [0.4, 0.5) is 0 Å². The van der Waals surface area contributed by atoms with Gasteiger partial charge in [-0.15, -0.1) is 11.3 Å². The number of likely N-dealkylation sites (tertiary alicyclic amines) is 1. The molecule has 8 nitrogen and oxygen atoms in total. The van der Waals surface area contributed by atoms with Gasteiger partial charge in [-0.25, -0.2) is 9.97 Å². The number of thiophene rings is 1. The number of hydrogen-bond acceptors (Lipinski definition) is 7. The van der Waals surface area contributed by atoms with E-state index in [0.29, 0.717) is 19.4 Å². The molecule has 2 aromatic rings. The highest BCUT2D eigenvalue weighted by Crippen LogP contribution is 2.32. The molecule has 2 aromatic heterocycles. The predicted molar refractivity (Wildman–Crippen MR) is 89.5 cm³/mol. The average Bonchev–Trinajstić information content (AvgIpc) is 3.11. The lowest BCUT2D eigenvalue weighted by Crippen LogP contribution is -2.42. The lowest BCUT2D eigenvalue weighted by molar-refractivity contribution is -0.143. The summed E-state index contributed by atoms with van der Waals surface area (Å²) in [7, 11) is 0. The Morgan fingerprint density at radius 1 is 1.15 bits per heavy atom. The van der Waals surface area contributed by atoms with Crippen molar-refractivity contribution in [2.75, 3.05) is 13.1 Å². The molecule has 0 aromatic carbocycles. The zero-order valence-electron chi connectivity index (χ0n) is 13.5. The van der Waals surface area contributed by atoms with E-state index in [1.807, 2.05) is 0 Å². The Morgan fingerprint density at radius 2 is 1.85 bits per heavy atom. The maximum atomic E-state index is 12.8. The first kappa shape index (κ1) is 16.5. The summed E-state index contributed by atoms with van der Waals surface area (Å²) in [5, 5.41) is 9.17. The smallest absolute Gasteiger partial charge is 0.308 e. The summed E-state index contributed by atoms with van der Waals surface area (Å²) in [6, 6.07) is 1.41. The predicted octanol–water partition coefficient (Wildman–Crippen LogP) is 1.25. The minimum atomic E-state index is -0.925. The van der Waals surface area contributed by atoms with E-state index in [-0.39, 0.29) is 39.2 Å². The first-order chi connectivity index (χ1) is 12.5. The van der Waals surface area contributed by atoms with E-state index in [4.69, 9.17) is 0 Å². The highest BCUT2D eigenvalue weighted by atomic mass is 32.1. The van der Waals surface area contributed by atoms with Gasteiger partial charge in [0.1, 0.15) is 11.4 Å². The van der Waals surface area contributed by atoms with Gasteiger partial charge >= 0.3 is 5.97 Å². The first-order valence-corrected chi connectivity index (χ1v) is 8.85. The molecule has 0 spiro atoms. The van der Waals surface area contributed by atoms with E-state index in [9.17, 15) is 24.3 Å². The number of carbonyl (C=O) groups is 4. The molecule has 1 fully saturated rings. The molecule has 3 heterocycles. The van der Waals surface area contributed by atoms with Gasteiger partial charge in [-0.1, -0.05) is 0 Å². The van der Waals surface area contributed by atoms with E-state index >= 15 is 0 Å². The molecule has 0 saturated carbocycles. The summed E-state index contributed by atoms with van der Waals surface area (Å²) in [5.41, 5.74) is 0.142. The summed E-state index contributed by atoms with van der Waals surface area (Å²) in [5.74, 6) is -2.73. The highest BCUT2D eigenvalue weighted by molar-refractivity contribution is 7.16. The van der Waals surface area contributed by atoms with Crippen LogP contribution >= 0.6 is 11.3 Å². The van der Waals surface area contributed by atoms with Crippen LogP contribution in [0.25, 0.3) is 0 Å². The third kappa shape index (κ3) is 2.51. The molecule has 2 aliphatic rings. The van der Waals surface area contributed by atoms with Crippen molar-refractivity contribution in [1.82, 2.24) is 14.9 Å². The van der Waals surface area contributed by atoms with Crippen LogP contribution in [0.3, 0.4) is 0 Å². The van der Waals surface area contributed by atoms with Crippen molar-refractivity contribution in [3.63, 3.8) is 0 Å². The number of amides is 1. The van der Waals surface area contributed by atoms with Crippen molar-refractivity contribution in [2.45, 2.75) is 12.8 Å². The molecular weight excluding hydrogens is 358 g/mol. The molecule has 0 bridgehead atoms. The topological polar surface area (TPSA) is 118 Å². The van der Waals surface area contributed by atoms with Crippen molar-refractivity contribution in [3.05, 3.63) is 45.2 Å².